The van der Waals surface area contributed by atoms with E-state index in [1.807, 2.05) is 34.0 Å². The minimum absolute atomic E-state index is 0.159. The Morgan fingerprint density at radius 1 is 1.36 bits per heavy atom. The second-order valence-electron chi connectivity index (χ2n) is 6.79. The van der Waals surface area contributed by atoms with Crippen LogP contribution in [0.15, 0.2) is 41.4 Å². The minimum atomic E-state index is 0.159. The molecule has 0 aliphatic carbocycles. The highest BCUT2D eigenvalue weighted by atomic mass is 32.1. The summed E-state index contributed by atoms with van der Waals surface area (Å²) < 4.78 is 5.84. The van der Waals surface area contributed by atoms with Crippen molar-refractivity contribution in [3.8, 4) is 0 Å². The molecule has 0 aromatic carbocycles. The number of thiophene rings is 1. The first-order valence-corrected chi connectivity index (χ1v) is 9.78. The Morgan fingerprint density at radius 3 is 3.12 bits per heavy atom. The van der Waals surface area contributed by atoms with Gasteiger partial charge >= 0.3 is 0 Å². The van der Waals surface area contributed by atoms with Crippen molar-refractivity contribution < 1.29 is 9.53 Å². The highest BCUT2D eigenvalue weighted by Crippen LogP contribution is 2.27. The molecule has 4 rings (SSSR count). The fourth-order valence-electron chi connectivity index (χ4n) is 3.85. The van der Waals surface area contributed by atoms with E-state index in [-0.39, 0.29) is 5.91 Å². The molecule has 2 aliphatic rings. The number of hydrogen-bond donors (Lipinski definition) is 0. The molecule has 2 fully saturated rings. The summed E-state index contributed by atoms with van der Waals surface area (Å²) in [5.74, 6) is 0.650. The number of carbonyl (C=O) groups is 1. The Labute approximate surface area is 152 Å². The molecule has 2 aliphatic heterocycles. The van der Waals surface area contributed by atoms with Crippen molar-refractivity contribution in [2.24, 2.45) is 5.92 Å². The molecule has 132 valence electrons. The Kier molecular flexibility index (Phi) is 5.10. The van der Waals surface area contributed by atoms with Crippen molar-refractivity contribution in [3.63, 3.8) is 0 Å². The molecule has 6 heteroatoms. The van der Waals surface area contributed by atoms with Crippen LogP contribution in [0.2, 0.25) is 0 Å². The zero-order valence-electron chi connectivity index (χ0n) is 14.2. The molecule has 0 saturated carbocycles. The van der Waals surface area contributed by atoms with Gasteiger partial charge in [0.05, 0.1) is 18.8 Å². The Morgan fingerprint density at radius 2 is 2.32 bits per heavy atom. The lowest BCUT2D eigenvalue weighted by atomic mass is 9.90. The standard InChI is InChI=1S/C19H23N3O2S/c23-19(17-4-9-25-14-17)22-6-3-16-13-24-8-7-21(18(16)12-22)11-15-2-1-5-20-10-15/h1-2,4-5,9-10,14,16,18H,3,6-8,11-13H2/t16-,18-/m1/s1. The summed E-state index contributed by atoms with van der Waals surface area (Å²) >= 11 is 1.58. The molecule has 1 amide bonds. The number of rotatable bonds is 3. The smallest absolute Gasteiger partial charge is 0.254 e. The van der Waals surface area contributed by atoms with Crippen LogP contribution in [0, 0.1) is 5.92 Å². The summed E-state index contributed by atoms with van der Waals surface area (Å²) in [5, 5.41) is 3.91. The van der Waals surface area contributed by atoms with Crippen LogP contribution in [-0.4, -0.2) is 59.6 Å². The third-order valence-electron chi connectivity index (χ3n) is 5.21. The summed E-state index contributed by atoms with van der Waals surface area (Å²) in [5.41, 5.74) is 2.02. The van der Waals surface area contributed by atoms with Gasteiger partial charge in [-0.1, -0.05) is 6.07 Å². The zero-order valence-corrected chi connectivity index (χ0v) is 15.0. The lowest BCUT2D eigenvalue weighted by Gasteiger charge is -2.42. The fraction of sp³-hybridized carbons (Fsp3) is 0.474. The topological polar surface area (TPSA) is 45.7 Å². The lowest BCUT2D eigenvalue weighted by molar-refractivity contribution is 0.0371. The van der Waals surface area contributed by atoms with Crippen molar-refractivity contribution in [2.75, 3.05) is 32.8 Å². The van der Waals surface area contributed by atoms with Gasteiger partial charge in [0, 0.05) is 55.9 Å². The minimum Gasteiger partial charge on any atom is -0.380 e. The van der Waals surface area contributed by atoms with Crippen molar-refractivity contribution in [1.82, 2.24) is 14.8 Å². The van der Waals surface area contributed by atoms with Crippen LogP contribution in [0.1, 0.15) is 22.3 Å². The van der Waals surface area contributed by atoms with Crippen LogP contribution in [0.3, 0.4) is 0 Å². The SMILES string of the molecule is O=C(c1ccsc1)N1CC[C@@H]2COCCN(Cc3cccnc3)[C@@H]2C1. The molecular weight excluding hydrogens is 334 g/mol. The van der Waals surface area contributed by atoms with Gasteiger partial charge in [-0.3, -0.25) is 14.7 Å². The van der Waals surface area contributed by atoms with Gasteiger partial charge in [0.15, 0.2) is 0 Å². The molecule has 2 aromatic heterocycles. The van der Waals surface area contributed by atoms with Gasteiger partial charge < -0.3 is 9.64 Å². The Balaban J connectivity index is 1.51. The first-order chi connectivity index (χ1) is 12.3. The van der Waals surface area contributed by atoms with Crippen molar-refractivity contribution in [3.05, 3.63) is 52.5 Å². The van der Waals surface area contributed by atoms with Crippen LogP contribution in [-0.2, 0) is 11.3 Å². The number of aromatic nitrogens is 1. The van der Waals surface area contributed by atoms with E-state index in [4.69, 9.17) is 4.74 Å². The average molecular weight is 357 g/mol. The summed E-state index contributed by atoms with van der Waals surface area (Å²) in [6.07, 6.45) is 4.74. The number of hydrogen-bond acceptors (Lipinski definition) is 5. The van der Waals surface area contributed by atoms with Crippen molar-refractivity contribution in [2.45, 2.75) is 19.0 Å². The number of amides is 1. The van der Waals surface area contributed by atoms with Gasteiger partial charge in [-0.15, -0.1) is 0 Å². The largest absolute Gasteiger partial charge is 0.380 e. The normalized spacial score (nSPS) is 24.6. The van der Waals surface area contributed by atoms with Crippen LogP contribution in [0.4, 0.5) is 0 Å². The van der Waals surface area contributed by atoms with E-state index in [9.17, 15) is 4.79 Å². The van der Waals surface area contributed by atoms with E-state index in [0.717, 1.165) is 51.4 Å². The fourth-order valence-corrected chi connectivity index (χ4v) is 4.48. The number of pyridine rings is 1. The Hall–Kier alpha value is -1.76. The maximum Gasteiger partial charge on any atom is 0.254 e. The maximum atomic E-state index is 12.8. The molecule has 5 nitrogen and oxygen atoms in total. The van der Waals surface area contributed by atoms with E-state index >= 15 is 0 Å². The van der Waals surface area contributed by atoms with E-state index in [1.165, 1.54) is 5.56 Å². The van der Waals surface area contributed by atoms with Crippen LogP contribution in [0.5, 0.6) is 0 Å². The first kappa shape index (κ1) is 16.7. The predicted molar refractivity (Wildman–Crippen MR) is 97.6 cm³/mol. The van der Waals surface area contributed by atoms with Gasteiger partial charge in [0.2, 0.25) is 0 Å². The average Bonchev–Trinajstić information content (AvgIpc) is 3.12. The van der Waals surface area contributed by atoms with Crippen molar-refractivity contribution in [1.29, 1.82) is 0 Å². The lowest BCUT2D eigenvalue weighted by Crippen LogP contribution is -2.54. The van der Waals surface area contributed by atoms with E-state index < -0.39 is 0 Å². The molecule has 0 unspecified atom stereocenters. The molecule has 2 aromatic rings. The maximum absolute atomic E-state index is 12.8. The molecule has 0 N–H and O–H groups in total. The predicted octanol–water partition coefficient (Wildman–Crippen LogP) is 2.51. The number of fused-ring (bicyclic) bond motifs is 1. The van der Waals surface area contributed by atoms with Gasteiger partial charge in [0.1, 0.15) is 0 Å². The highest BCUT2D eigenvalue weighted by molar-refractivity contribution is 7.08. The molecule has 2 saturated heterocycles. The van der Waals surface area contributed by atoms with Crippen LogP contribution >= 0.6 is 11.3 Å². The third kappa shape index (κ3) is 3.76. The molecule has 2 atom stereocenters. The van der Waals surface area contributed by atoms with Crippen molar-refractivity contribution >= 4 is 17.2 Å². The third-order valence-corrected chi connectivity index (χ3v) is 5.89. The zero-order chi connectivity index (χ0) is 17.1. The van der Waals surface area contributed by atoms with Crippen LogP contribution < -0.4 is 0 Å². The Bertz CT molecular complexity index is 692. The molecule has 0 bridgehead atoms. The second-order valence-corrected chi connectivity index (χ2v) is 7.57. The van der Waals surface area contributed by atoms with E-state index in [1.54, 1.807) is 17.5 Å². The van der Waals surface area contributed by atoms with E-state index in [2.05, 4.69) is 16.0 Å². The number of ether oxygens (including phenoxy) is 1. The summed E-state index contributed by atoms with van der Waals surface area (Å²) in [4.78, 5) is 21.5. The molecule has 0 radical (unpaired) electrons. The summed E-state index contributed by atoms with van der Waals surface area (Å²) in [6.45, 7) is 4.92. The van der Waals surface area contributed by atoms with Gasteiger partial charge in [-0.05, 0) is 29.5 Å². The first-order valence-electron chi connectivity index (χ1n) is 8.83. The number of piperidine rings is 1. The van der Waals surface area contributed by atoms with Gasteiger partial charge in [0.25, 0.3) is 5.91 Å². The number of nitrogens with zero attached hydrogens (tertiary/aromatic N) is 3. The molecular formula is C19H23N3O2S. The molecule has 4 heterocycles. The summed E-state index contributed by atoms with van der Waals surface area (Å²) in [6, 6.07) is 6.36. The molecule has 0 spiro atoms. The second kappa shape index (κ2) is 7.64. The van der Waals surface area contributed by atoms with Crippen LogP contribution in [0.25, 0.3) is 0 Å². The summed E-state index contributed by atoms with van der Waals surface area (Å²) in [7, 11) is 0. The van der Waals surface area contributed by atoms with E-state index in [0.29, 0.717) is 12.0 Å². The quantitative estimate of drug-likeness (QED) is 0.847. The number of likely N-dealkylation sites (tertiary alicyclic amines) is 1. The molecule has 25 heavy (non-hydrogen) atoms. The highest BCUT2D eigenvalue weighted by Gasteiger charge is 2.37. The van der Waals surface area contributed by atoms with Gasteiger partial charge in [-0.2, -0.15) is 11.3 Å². The van der Waals surface area contributed by atoms with Gasteiger partial charge in [-0.25, -0.2) is 0 Å². The monoisotopic (exact) mass is 357 g/mol. The number of carbonyl (C=O) groups excluding carboxylic acids is 1.